The molecule has 0 unspecified atom stereocenters. The minimum atomic E-state index is -2.67. The molecule has 2 rings (SSSR count). The summed E-state index contributed by atoms with van der Waals surface area (Å²) in [5, 5.41) is 8.75. The van der Waals surface area contributed by atoms with Gasteiger partial charge in [-0.3, -0.25) is 4.79 Å². The number of halogens is 2. The van der Waals surface area contributed by atoms with Crippen LogP contribution in [0.25, 0.3) is 0 Å². The zero-order valence-electron chi connectivity index (χ0n) is 14.6. The highest BCUT2D eigenvalue weighted by Gasteiger charge is 2.23. The summed E-state index contributed by atoms with van der Waals surface area (Å²) in [5.74, 6) is 0.0926. The maximum Gasteiger partial charge on any atom is 0.276 e. The molecule has 9 heteroatoms. The highest BCUT2D eigenvalue weighted by atomic mass is 19.3. The quantitative estimate of drug-likeness (QED) is 0.419. The fourth-order valence-electron chi connectivity index (χ4n) is 2.07. The second-order valence-corrected chi connectivity index (χ2v) is 5.89. The Labute approximate surface area is 150 Å². The van der Waals surface area contributed by atoms with Crippen LogP contribution >= 0.6 is 0 Å². The van der Waals surface area contributed by atoms with Gasteiger partial charge in [0, 0.05) is 37.1 Å². The molecule has 0 radical (unpaired) electrons. The van der Waals surface area contributed by atoms with Gasteiger partial charge in [-0.2, -0.15) is 0 Å². The fraction of sp³-hybridized carbons (Fsp3) is 0.353. The lowest BCUT2D eigenvalue weighted by Crippen LogP contribution is -2.20. The van der Waals surface area contributed by atoms with E-state index in [4.69, 9.17) is 5.73 Å². The number of carbonyl (C=O) groups excluding carboxylic acids is 1. The van der Waals surface area contributed by atoms with E-state index in [-0.39, 0.29) is 17.4 Å². The number of aromatic nitrogens is 1. The number of nitrogens with one attached hydrogen (secondary N) is 3. The van der Waals surface area contributed by atoms with Gasteiger partial charge < -0.3 is 21.7 Å². The van der Waals surface area contributed by atoms with Crippen LogP contribution < -0.4 is 21.7 Å². The Morgan fingerprint density at radius 3 is 2.77 bits per heavy atom. The molecule has 0 bridgehead atoms. The van der Waals surface area contributed by atoms with Crippen molar-refractivity contribution in [1.29, 1.82) is 0 Å². The van der Waals surface area contributed by atoms with Gasteiger partial charge >= 0.3 is 0 Å². The van der Waals surface area contributed by atoms with Crippen molar-refractivity contribution >= 4 is 23.1 Å². The zero-order valence-corrected chi connectivity index (χ0v) is 14.6. The number of anilines is 2. The molecular formula is C17H22F2N6O. The van der Waals surface area contributed by atoms with E-state index in [1.54, 1.807) is 13.1 Å². The number of amides is 1. The van der Waals surface area contributed by atoms with E-state index in [1.807, 2.05) is 0 Å². The van der Waals surface area contributed by atoms with E-state index >= 15 is 0 Å². The van der Waals surface area contributed by atoms with Crippen LogP contribution in [0.4, 0.5) is 20.3 Å². The minimum Gasteiger partial charge on any atom is -0.384 e. The maximum absolute atomic E-state index is 12.5. The number of allylic oxidation sites excluding steroid dienone is 1. The standard InChI is InChI=1S/C17H22F2N6O/c1-9(6-14(20)24-10(2)16(18)19)23-15-7-13(25-11-4-5-11)12(8-22-15)17(26)21-3/h6-8,11,16H,1,4-5,20H2,2-3H3,(H,21,26)(H2,22,23,25)/b14-6-,24-10+. The molecule has 1 amide bonds. The van der Waals surface area contributed by atoms with Crippen molar-refractivity contribution in [3.05, 3.63) is 42.0 Å². The molecule has 26 heavy (non-hydrogen) atoms. The Morgan fingerprint density at radius 2 is 2.19 bits per heavy atom. The molecular weight excluding hydrogens is 342 g/mol. The molecule has 1 aliphatic rings. The summed E-state index contributed by atoms with van der Waals surface area (Å²) in [5.41, 5.74) is 6.64. The average Bonchev–Trinajstić information content (AvgIpc) is 3.38. The number of aliphatic imine (C=N–C) groups is 1. The van der Waals surface area contributed by atoms with Crippen molar-refractivity contribution in [3.8, 4) is 0 Å². The maximum atomic E-state index is 12.5. The van der Waals surface area contributed by atoms with Crippen molar-refractivity contribution in [2.75, 3.05) is 17.7 Å². The number of carbonyl (C=O) groups is 1. The average molecular weight is 364 g/mol. The highest BCUT2D eigenvalue weighted by molar-refractivity contribution is 5.99. The third-order valence-corrected chi connectivity index (χ3v) is 3.54. The van der Waals surface area contributed by atoms with Crippen LogP contribution in [0.1, 0.15) is 30.1 Å². The lowest BCUT2D eigenvalue weighted by atomic mass is 10.2. The van der Waals surface area contributed by atoms with Crippen molar-refractivity contribution in [3.63, 3.8) is 0 Å². The molecule has 1 saturated carbocycles. The van der Waals surface area contributed by atoms with E-state index in [0.29, 0.717) is 28.8 Å². The largest absolute Gasteiger partial charge is 0.384 e. The van der Waals surface area contributed by atoms with Gasteiger partial charge in [-0.25, -0.2) is 18.8 Å². The Bertz CT molecular complexity index is 756. The number of hydrogen-bond acceptors (Lipinski definition) is 6. The molecule has 1 fully saturated rings. The second-order valence-electron chi connectivity index (χ2n) is 5.89. The van der Waals surface area contributed by atoms with Crippen molar-refractivity contribution < 1.29 is 13.6 Å². The fourth-order valence-corrected chi connectivity index (χ4v) is 2.07. The molecule has 0 aliphatic heterocycles. The van der Waals surface area contributed by atoms with Crippen LogP contribution in [0.3, 0.4) is 0 Å². The molecule has 7 nitrogen and oxygen atoms in total. The molecule has 1 aliphatic carbocycles. The number of pyridine rings is 1. The first-order valence-corrected chi connectivity index (χ1v) is 8.05. The summed E-state index contributed by atoms with van der Waals surface area (Å²) in [7, 11) is 1.55. The van der Waals surface area contributed by atoms with Crippen LogP contribution in [0.15, 0.2) is 41.4 Å². The monoisotopic (exact) mass is 364 g/mol. The molecule has 1 aromatic rings. The van der Waals surface area contributed by atoms with Gasteiger partial charge in [-0.05, 0) is 19.8 Å². The number of rotatable bonds is 8. The van der Waals surface area contributed by atoms with Crippen LogP contribution in [-0.2, 0) is 0 Å². The van der Waals surface area contributed by atoms with Gasteiger partial charge in [0.15, 0.2) is 0 Å². The first kappa shape index (κ1) is 19.4. The predicted molar refractivity (Wildman–Crippen MR) is 98.4 cm³/mol. The van der Waals surface area contributed by atoms with E-state index in [0.717, 1.165) is 12.8 Å². The topological polar surface area (TPSA) is 104 Å². The summed E-state index contributed by atoms with van der Waals surface area (Å²) < 4.78 is 24.9. The van der Waals surface area contributed by atoms with Crippen LogP contribution in [0.2, 0.25) is 0 Å². The van der Waals surface area contributed by atoms with E-state index < -0.39 is 6.43 Å². The highest BCUT2D eigenvalue weighted by Crippen LogP contribution is 2.28. The first-order valence-electron chi connectivity index (χ1n) is 8.05. The number of nitrogens with zero attached hydrogens (tertiary/aromatic N) is 2. The smallest absolute Gasteiger partial charge is 0.276 e. The SMILES string of the molecule is C=C(/C=C(N)\N=C(/C)C(F)F)Nc1cc(NC2CC2)c(C(=O)NC)cn1. The molecule has 0 aromatic carbocycles. The molecule has 1 heterocycles. The summed E-state index contributed by atoms with van der Waals surface area (Å²) >= 11 is 0. The summed E-state index contributed by atoms with van der Waals surface area (Å²) in [6.45, 7) is 4.95. The van der Waals surface area contributed by atoms with Gasteiger partial charge in [0.05, 0.1) is 17.0 Å². The van der Waals surface area contributed by atoms with Crippen molar-refractivity contribution in [1.82, 2.24) is 10.3 Å². The van der Waals surface area contributed by atoms with E-state index in [2.05, 4.69) is 32.5 Å². The minimum absolute atomic E-state index is 0.0985. The van der Waals surface area contributed by atoms with Crippen LogP contribution in [0.5, 0.6) is 0 Å². The molecule has 0 saturated heterocycles. The second kappa shape index (κ2) is 8.41. The summed E-state index contributed by atoms with van der Waals surface area (Å²) in [6, 6.07) is 2.03. The van der Waals surface area contributed by atoms with Crippen LogP contribution in [0, 0.1) is 0 Å². The molecule has 0 spiro atoms. The Hall–Kier alpha value is -2.97. The van der Waals surface area contributed by atoms with E-state index in [9.17, 15) is 13.6 Å². The zero-order chi connectivity index (χ0) is 19.3. The lowest BCUT2D eigenvalue weighted by Gasteiger charge is -2.13. The van der Waals surface area contributed by atoms with E-state index in [1.165, 1.54) is 19.2 Å². The van der Waals surface area contributed by atoms with Gasteiger partial charge in [-0.1, -0.05) is 6.58 Å². The Kier molecular flexibility index (Phi) is 6.26. The predicted octanol–water partition coefficient (Wildman–Crippen LogP) is 2.47. The summed E-state index contributed by atoms with van der Waals surface area (Å²) in [6.07, 6.45) is 2.20. The first-order chi connectivity index (χ1) is 12.3. The third kappa shape index (κ3) is 5.54. The third-order valence-electron chi connectivity index (χ3n) is 3.54. The normalized spacial score (nSPS) is 15.0. The molecule has 140 valence electrons. The molecule has 1 aromatic heterocycles. The molecule has 0 atom stereocenters. The van der Waals surface area contributed by atoms with Crippen molar-refractivity contribution in [2.45, 2.75) is 32.2 Å². The van der Waals surface area contributed by atoms with Crippen LogP contribution in [-0.4, -0.2) is 36.1 Å². The van der Waals surface area contributed by atoms with Gasteiger partial charge in [-0.15, -0.1) is 0 Å². The number of nitrogens with two attached hydrogens (primary N) is 1. The Morgan fingerprint density at radius 1 is 1.50 bits per heavy atom. The summed E-state index contributed by atoms with van der Waals surface area (Å²) in [4.78, 5) is 19.7. The van der Waals surface area contributed by atoms with Gasteiger partial charge in [0.25, 0.3) is 12.3 Å². The van der Waals surface area contributed by atoms with Gasteiger partial charge in [0.1, 0.15) is 11.6 Å². The van der Waals surface area contributed by atoms with Crippen molar-refractivity contribution in [2.24, 2.45) is 10.7 Å². The van der Waals surface area contributed by atoms with Gasteiger partial charge in [0.2, 0.25) is 0 Å². The molecule has 5 N–H and O–H groups in total. The number of hydrogen-bond donors (Lipinski definition) is 4. The number of alkyl halides is 2. The lowest BCUT2D eigenvalue weighted by molar-refractivity contribution is 0.0963. The Balaban J connectivity index is 2.14.